The minimum Gasteiger partial charge on any atom is -0.461 e. The average molecular weight is 439 g/mol. The van der Waals surface area contributed by atoms with E-state index in [-0.39, 0.29) is 17.2 Å². The van der Waals surface area contributed by atoms with E-state index < -0.39 is 0 Å². The quantitative estimate of drug-likeness (QED) is 0.511. The van der Waals surface area contributed by atoms with Gasteiger partial charge in [0.25, 0.3) is 0 Å². The zero-order chi connectivity index (χ0) is 20.3. The van der Waals surface area contributed by atoms with Gasteiger partial charge in [-0.15, -0.1) is 10.2 Å². The second-order valence-electron chi connectivity index (χ2n) is 6.18. The van der Waals surface area contributed by atoms with Gasteiger partial charge < -0.3 is 9.73 Å². The topological polar surface area (TPSA) is 73.0 Å². The molecule has 2 aromatic heterocycles. The third-order valence-electron chi connectivity index (χ3n) is 4.21. The number of furan rings is 1. The molecule has 1 aromatic carbocycles. The molecule has 2 unspecified atom stereocenters. The van der Waals surface area contributed by atoms with Crippen LogP contribution in [0.3, 0.4) is 0 Å². The van der Waals surface area contributed by atoms with E-state index in [1.807, 2.05) is 37.5 Å². The number of benzene rings is 1. The summed E-state index contributed by atoms with van der Waals surface area (Å²) in [6, 6.07) is 8.62. The van der Waals surface area contributed by atoms with Gasteiger partial charge in [-0.1, -0.05) is 41.0 Å². The summed E-state index contributed by atoms with van der Waals surface area (Å²) in [5, 5.41) is 12.8. The molecule has 1 N–H and O–H groups in total. The molecule has 0 aliphatic rings. The first-order valence-corrected chi connectivity index (χ1v) is 10.4. The SMILES string of the molecule is CCn1c(SC(C)C(=O)NC(C)c2ccc(Cl)cc2Cl)nnc1-c1ccco1. The highest BCUT2D eigenvalue weighted by atomic mass is 35.5. The van der Waals surface area contributed by atoms with E-state index >= 15 is 0 Å². The number of amides is 1. The van der Waals surface area contributed by atoms with Crippen molar-refractivity contribution < 1.29 is 9.21 Å². The highest BCUT2D eigenvalue weighted by Gasteiger charge is 2.23. The lowest BCUT2D eigenvalue weighted by molar-refractivity contribution is -0.120. The van der Waals surface area contributed by atoms with Gasteiger partial charge in [-0.25, -0.2) is 0 Å². The molecule has 1 amide bonds. The summed E-state index contributed by atoms with van der Waals surface area (Å²) in [5.41, 5.74) is 0.813. The van der Waals surface area contributed by atoms with Crippen LogP contribution >= 0.6 is 35.0 Å². The van der Waals surface area contributed by atoms with Crippen molar-refractivity contribution >= 4 is 40.9 Å². The van der Waals surface area contributed by atoms with Gasteiger partial charge in [0.1, 0.15) is 0 Å². The van der Waals surface area contributed by atoms with Gasteiger partial charge in [0.05, 0.1) is 17.6 Å². The van der Waals surface area contributed by atoms with Crippen molar-refractivity contribution in [1.29, 1.82) is 0 Å². The summed E-state index contributed by atoms with van der Waals surface area (Å²) in [7, 11) is 0. The van der Waals surface area contributed by atoms with E-state index in [1.54, 1.807) is 24.5 Å². The van der Waals surface area contributed by atoms with Crippen LogP contribution in [0.5, 0.6) is 0 Å². The maximum Gasteiger partial charge on any atom is 0.233 e. The lowest BCUT2D eigenvalue weighted by Crippen LogP contribution is -2.33. The number of thioether (sulfide) groups is 1. The average Bonchev–Trinajstić information content (AvgIpc) is 3.30. The normalized spacial score (nSPS) is 13.3. The fourth-order valence-electron chi connectivity index (χ4n) is 2.72. The molecule has 0 saturated carbocycles. The second kappa shape index (κ2) is 9.03. The van der Waals surface area contributed by atoms with E-state index in [4.69, 9.17) is 27.6 Å². The van der Waals surface area contributed by atoms with Gasteiger partial charge in [-0.3, -0.25) is 9.36 Å². The minimum atomic E-state index is -0.368. The number of nitrogens with zero attached hydrogens (tertiary/aromatic N) is 3. The first kappa shape index (κ1) is 20.8. The van der Waals surface area contributed by atoms with E-state index in [9.17, 15) is 4.79 Å². The predicted molar refractivity (Wildman–Crippen MR) is 112 cm³/mol. The van der Waals surface area contributed by atoms with Crippen LogP contribution in [0.25, 0.3) is 11.6 Å². The maximum absolute atomic E-state index is 12.7. The zero-order valence-electron chi connectivity index (χ0n) is 15.6. The van der Waals surface area contributed by atoms with E-state index in [0.717, 1.165) is 5.56 Å². The molecular weight excluding hydrogens is 419 g/mol. The van der Waals surface area contributed by atoms with Gasteiger partial charge in [0.2, 0.25) is 5.91 Å². The number of hydrogen-bond acceptors (Lipinski definition) is 5. The van der Waals surface area contributed by atoms with Crippen LogP contribution in [0.4, 0.5) is 0 Å². The van der Waals surface area contributed by atoms with Crippen molar-refractivity contribution in [3.05, 3.63) is 52.2 Å². The molecule has 2 heterocycles. The molecule has 0 saturated heterocycles. The summed E-state index contributed by atoms with van der Waals surface area (Å²) in [5.74, 6) is 1.17. The van der Waals surface area contributed by atoms with Crippen LogP contribution in [-0.2, 0) is 11.3 Å². The van der Waals surface area contributed by atoms with Crippen LogP contribution < -0.4 is 5.32 Å². The summed E-state index contributed by atoms with van der Waals surface area (Å²) in [4.78, 5) is 12.7. The van der Waals surface area contributed by atoms with Crippen molar-refractivity contribution in [3.63, 3.8) is 0 Å². The molecule has 0 aliphatic carbocycles. The molecular formula is C19H20Cl2N4O2S. The Kier molecular flexibility index (Phi) is 6.69. The van der Waals surface area contributed by atoms with E-state index in [1.165, 1.54) is 11.8 Å². The summed E-state index contributed by atoms with van der Waals surface area (Å²) < 4.78 is 7.34. The van der Waals surface area contributed by atoms with Crippen molar-refractivity contribution in [2.24, 2.45) is 0 Å². The Labute approximate surface area is 177 Å². The summed E-state index contributed by atoms with van der Waals surface area (Å²) in [6.07, 6.45) is 1.59. The van der Waals surface area contributed by atoms with Gasteiger partial charge in [0, 0.05) is 16.6 Å². The molecule has 6 nitrogen and oxygen atoms in total. The fraction of sp³-hybridized carbons (Fsp3) is 0.316. The van der Waals surface area contributed by atoms with Crippen LogP contribution in [0.2, 0.25) is 10.0 Å². The second-order valence-corrected chi connectivity index (χ2v) is 8.34. The molecule has 2 atom stereocenters. The lowest BCUT2D eigenvalue weighted by atomic mass is 10.1. The van der Waals surface area contributed by atoms with Crippen LogP contribution in [0.1, 0.15) is 32.4 Å². The van der Waals surface area contributed by atoms with Crippen molar-refractivity contribution in [2.75, 3.05) is 0 Å². The Balaban J connectivity index is 1.69. The van der Waals surface area contributed by atoms with E-state index in [0.29, 0.717) is 33.3 Å². The predicted octanol–water partition coefficient (Wildman–Crippen LogP) is 5.22. The van der Waals surface area contributed by atoms with Gasteiger partial charge >= 0.3 is 0 Å². The highest BCUT2D eigenvalue weighted by Crippen LogP contribution is 2.29. The van der Waals surface area contributed by atoms with Crippen LogP contribution in [-0.4, -0.2) is 25.9 Å². The van der Waals surface area contributed by atoms with Crippen molar-refractivity contribution in [2.45, 2.75) is 43.8 Å². The molecule has 0 fully saturated rings. The number of carbonyl (C=O) groups excluding carboxylic acids is 1. The largest absolute Gasteiger partial charge is 0.461 e. The Morgan fingerprint density at radius 1 is 1.29 bits per heavy atom. The number of rotatable bonds is 7. The van der Waals surface area contributed by atoms with E-state index in [2.05, 4.69) is 15.5 Å². The Bertz CT molecular complexity index is 959. The Morgan fingerprint density at radius 3 is 2.71 bits per heavy atom. The minimum absolute atomic E-state index is 0.117. The van der Waals surface area contributed by atoms with Gasteiger partial charge in [-0.05, 0) is 50.6 Å². The molecule has 0 radical (unpaired) electrons. The number of carbonyl (C=O) groups is 1. The highest BCUT2D eigenvalue weighted by molar-refractivity contribution is 8.00. The van der Waals surface area contributed by atoms with Gasteiger partial charge in [-0.2, -0.15) is 0 Å². The molecule has 0 aliphatic heterocycles. The monoisotopic (exact) mass is 438 g/mol. The summed E-state index contributed by atoms with van der Waals surface area (Å²) >= 11 is 13.5. The van der Waals surface area contributed by atoms with Crippen molar-refractivity contribution in [1.82, 2.24) is 20.1 Å². The fourth-order valence-corrected chi connectivity index (χ4v) is 4.22. The molecule has 3 aromatic rings. The smallest absolute Gasteiger partial charge is 0.233 e. The maximum atomic E-state index is 12.7. The molecule has 9 heteroatoms. The molecule has 148 valence electrons. The molecule has 3 rings (SSSR count). The van der Waals surface area contributed by atoms with Crippen LogP contribution in [0.15, 0.2) is 46.2 Å². The van der Waals surface area contributed by atoms with Gasteiger partial charge in [0.15, 0.2) is 16.7 Å². The Hall–Kier alpha value is -1.96. The van der Waals surface area contributed by atoms with Crippen LogP contribution in [0, 0.1) is 0 Å². The molecule has 28 heavy (non-hydrogen) atoms. The first-order chi connectivity index (χ1) is 13.4. The standard InChI is InChI=1S/C19H20Cl2N4O2S/c1-4-25-17(16-6-5-9-27-16)23-24-19(25)28-12(3)18(26)22-11(2)14-8-7-13(20)10-15(14)21/h5-12H,4H2,1-3H3,(H,22,26). The first-order valence-electron chi connectivity index (χ1n) is 8.79. The van der Waals surface area contributed by atoms with Crippen molar-refractivity contribution in [3.8, 4) is 11.6 Å². The zero-order valence-corrected chi connectivity index (χ0v) is 18.0. The third kappa shape index (κ3) is 4.54. The third-order valence-corrected chi connectivity index (χ3v) is 5.86. The Morgan fingerprint density at radius 2 is 2.07 bits per heavy atom. The number of halogens is 2. The number of nitrogens with one attached hydrogen (secondary N) is 1. The lowest BCUT2D eigenvalue weighted by Gasteiger charge is -2.18. The molecule has 0 spiro atoms. The molecule has 0 bridgehead atoms. The summed E-state index contributed by atoms with van der Waals surface area (Å²) in [6.45, 7) is 6.37. The number of hydrogen-bond donors (Lipinski definition) is 1. The number of aromatic nitrogens is 3.